The maximum absolute atomic E-state index is 11.9. The van der Waals surface area contributed by atoms with E-state index in [0.717, 1.165) is 5.69 Å². The van der Waals surface area contributed by atoms with Crippen molar-refractivity contribution in [3.63, 3.8) is 0 Å². The molecule has 1 amide bonds. The molecule has 0 bridgehead atoms. The molecule has 1 aromatic carbocycles. The van der Waals surface area contributed by atoms with Crippen molar-refractivity contribution in [2.24, 2.45) is 0 Å². The van der Waals surface area contributed by atoms with Crippen LogP contribution in [-0.4, -0.2) is 29.9 Å². The van der Waals surface area contributed by atoms with Crippen molar-refractivity contribution in [2.45, 2.75) is 25.9 Å². The Balaban J connectivity index is 2.62. The van der Waals surface area contributed by atoms with Gasteiger partial charge in [0.2, 0.25) is 5.91 Å². The molecule has 2 atom stereocenters. The molecule has 0 radical (unpaired) electrons. The molecular weight excluding hydrogens is 214 g/mol. The molecule has 90 valence electrons. The number of rotatable bonds is 4. The number of nitrogens with one attached hydrogen (secondary N) is 1. The van der Waals surface area contributed by atoms with Gasteiger partial charge < -0.3 is 5.32 Å². The number of amides is 1. The fourth-order valence-electron chi connectivity index (χ4n) is 1.38. The van der Waals surface area contributed by atoms with Crippen LogP contribution >= 0.6 is 0 Å². The van der Waals surface area contributed by atoms with Crippen LogP contribution in [0, 0.1) is 11.3 Å². The van der Waals surface area contributed by atoms with Crippen molar-refractivity contribution in [1.82, 2.24) is 4.90 Å². The van der Waals surface area contributed by atoms with Gasteiger partial charge in [0.05, 0.1) is 18.2 Å². The zero-order chi connectivity index (χ0) is 12.8. The number of hydrogen-bond acceptors (Lipinski definition) is 3. The third-order valence-corrected chi connectivity index (χ3v) is 2.83. The van der Waals surface area contributed by atoms with Gasteiger partial charge in [-0.3, -0.25) is 9.69 Å². The minimum Gasteiger partial charge on any atom is -0.325 e. The standard InChI is InChI=1S/C13H17N3O/c1-10(9-14)16(3)11(2)13(17)15-12-7-5-4-6-8-12/h4-8,10-11H,1-3H3,(H,15,17). The Morgan fingerprint density at radius 1 is 1.35 bits per heavy atom. The van der Waals surface area contributed by atoms with Crippen LogP contribution in [0.5, 0.6) is 0 Å². The molecule has 0 fully saturated rings. The number of likely N-dealkylation sites (N-methyl/N-ethyl adjacent to an activating group) is 1. The van der Waals surface area contributed by atoms with Gasteiger partial charge in [-0.25, -0.2) is 0 Å². The highest BCUT2D eigenvalue weighted by atomic mass is 16.2. The second-order valence-electron chi connectivity index (χ2n) is 4.00. The van der Waals surface area contributed by atoms with Gasteiger partial charge in [0.1, 0.15) is 0 Å². The fraction of sp³-hybridized carbons (Fsp3) is 0.385. The second kappa shape index (κ2) is 6.02. The highest BCUT2D eigenvalue weighted by Crippen LogP contribution is 2.08. The molecule has 17 heavy (non-hydrogen) atoms. The number of nitriles is 1. The van der Waals surface area contributed by atoms with E-state index in [4.69, 9.17) is 5.26 Å². The average Bonchev–Trinajstić information content (AvgIpc) is 2.37. The van der Waals surface area contributed by atoms with E-state index in [2.05, 4.69) is 11.4 Å². The number of nitrogens with zero attached hydrogens (tertiary/aromatic N) is 2. The molecular formula is C13H17N3O. The summed E-state index contributed by atoms with van der Waals surface area (Å²) in [7, 11) is 1.77. The lowest BCUT2D eigenvalue weighted by molar-refractivity contribution is -0.120. The Kier molecular flexibility index (Phi) is 4.68. The maximum Gasteiger partial charge on any atom is 0.241 e. The molecule has 0 saturated carbocycles. The summed E-state index contributed by atoms with van der Waals surface area (Å²) in [5.41, 5.74) is 0.766. The summed E-state index contributed by atoms with van der Waals surface area (Å²) in [6.07, 6.45) is 0. The fourth-order valence-corrected chi connectivity index (χ4v) is 1.38. The largest absolute Gasteiger partial charge is 0.325 e. The molecule has 0 aliphatic heterocycles. The van der Waals surface area contributed by atoms with Crippen molar-refractivity contribution in [1.29, 1.82) is 5.26 Å². The second-order valence-corrected chi connectivity index (χ2v) is 4.00. The minimum atomic E-state index is -0.343. The van der Waals surface area contributed by atoms with Crippen LogP contribution in [0.1, 0.15) is 13.8 Å². The third-order valence-electron chi connectivity index (χ3n) is 2.83. The Bertz CT molecular complexity index is 410. The van der Waals surface area contributed by atoms with Crippen LogP contribution in [0.2, 0.25) is 0 Å². The lowest BCUT2D eigenvalue weighted by Gasteiger charge is -2.25. The molecule has 4 nitrogen and oxygen atoms in total. The number of hydrogen-bond donors (Lipinski definition) is 1. The van der Waals surface area contributed by atoms with Gasteiger partial charge in [0.25, 0.3) is 0 Å². The van der Waals surface area contributed by atoms with Crippen molar-refractivity contribution in [3.05, 3.63) is 30.3 Å². The molecule has 1 aromatic rings. The highest BCUT2D eigenvalue weighted by Gasteiger charge is 2.21. The van der Waals surface area contributed by atoms with Crippen LogP contribution in [0.25, 0.3) is 0 Å². The summed E-state index contributed by atoms with van der Waals surface area (Å²) in [5.74, 6) is -0.110. The summed E-state index contributed by atoms with van der Waals surface area (Å²) < 4.78 is 0. The number of para-hydroxylation sites is 1. The van der Waals surface area contributed by atoms with Crippen molar-refractivity contribution >= 4 is 11.6 Å². The van der Waals surface area contributed by atoms with Crippen LogP contribution in [0.4, 0.5) is 5.69 Å². The summed E-state index contributed by atoms with van der Waals surface area (Å²) in [6.45, 7) is 3.55. The van der Waals surface area contributed by atoms with Gasteiger partial charge >= 0.3 is 0 Å². The number of carbonyl (C=O) groups is 1. The molecule has 0 heterocycles. The van der Waals surface area contributed by atoms with E-state index < -0.39 is 0 Å². The summed E-state index contributed by atoms with van der Waals surface area (Å²) >= 11 is 0. The summed E-state index contributed by atoms with van der Waals surface area (Å²) in [6, 6.07) is 10.8. The van der Waals surface area contributed by atoms with E-state index in [1.165, 1.54) is 0 Å². The first-order chi connectivity index (χ1) is 8.06. The maximum atomic E-state index is 11.9. The van der Waals surface area contributed by atoms with Gasteiger partial charge in [0, 0.05) is 5.69 Å². The molecule has 2 unspecified atom stereocenters. The number of benzene rings is 1. The summed E-state index contributed by atoms with van der Waals surface area (Å²) in [5, 5.41) is 11.6. The van der Waals surface area contributed by atoms with Crippen molar-refractivity contribution < 1.29 is 4.79 Å². The Hall–Kier alpha value is -1.86. The van der Waals surface area contributed by atoms with Crippen LogP contribution in [0.3, 0.4) is 0 Å². The SMILES string of the molecule is CC(C#N)N(C)C(C)C(=O)Nc1ccccc1. The van der Waals surface area contributed by atoms with E-state index in [9.17, 15) is 4.79 Å². The topological polar surface area (TPSA) is 56.1 Å². The monoisotopic (exact) mass is 231 g/mol. The molecule has 1 rings (SSSR count). The molecule has 0 aliphatic rings. The average molecular weight is 231 g/mol. The van der Waals surface area contributed by atoms with E-state index in [-0.39, 0.29) is 18.0 Å². The smallest absolute Gasteiger partial charge is 0.241 e. The van der Waals surface area contributed by atoms with Gasteiger partial charge in [-0.1, -0.05) is 18.2 Å². The predicted octanol–water partition coefficient (Wildman–Crippen LogP) is 1.86. The van der Waals surface area contributed by atoms with Gasteiger partial charge in [-0.05, 0) is 33.0 Å². The molecule has 0 saturated heterocycles. The van der Waals surface area contributed by atoms with E-state index in [1.54, 1.807) is 25.8 Å². The van der Waals surface area contributed by atoms with Crippen molar-refractivity contribution in [3.8, 4) is 6.07 Å². The predicted molar refractivity (Wildman–Crippen MR) is 67.4 cm³/mol. The first-order valence-corrected chi connectivity index (χ1v) is 5.53. The van der Waals surface area contributed by atoms with E-state index in [1.807, 2.05) is 30.3 Å². The lowest BCUT2D eigenvalue weighted by Crippen LogP contribution is -2.43. The van der Waals surface area contributed by atoms with Crippen molar-refractivity contribution in [2.75, 3.05) is 12.4 Å². The highest BCUT2D eigenvalue weighted by molar-refractivity contribution is 5.94. The number of carbonyl (C=O) groups excluding carboxylic acids is 1. The minimum absolute atomic E-state index is 0.110. The van der Waals surface area contributed by atoms with E-state index in [0.29, 0.717) is 0 Å². The zero-order valence-electron chi connectivity index (χ0n) is 10.3. The van der Waals surface area contributed by atoms with Crippen LogP contribution < -0.4 is 5.32 Å². The van der Waals surface area contributed by atoms with Crippen LogP contribution in [-0.2, 0) is 4.79 Å². The van der Waals surface area contributed by atoms with Gasteiger partial charge in [0.15, 0.2) is 0 Å². The molecule has 0 spiro atoms. The Morgan fingerprint density at radius 2 is 1.94 bits per heavy atom. The molecule has 0 aromatic heterocycles. The Labute approximate surface area is 102 Å². The third kappa shape index (κ3) is 3.58. The lowest BCUT2D eigenvalue weighted by atomic mass is 10.2. The summed E-state index contributed by atoms with van der Waals surface area (Å²) in [4.78, 5) is 13.6. The van der Waals surface area contributed by atoms with Crippen LogP contribution in [0.15, 0.2) is 30.3 Å². The molecule has 4 heteroatoms. The normalized spacial score (nSPS) is 13.8. The zero-order valence-corrected chi connectivity index (χ0v) is 10.3. The first-order valence-electron chi connectivity index (χ1n) is 5.53. The Morgan fingerprint density at radius 3 is 2.47 bits per heavy atom. The van der Waals surface area contributed by atoms with Gasteiger partial charge in [-0.2, -0.15) is 5.26 Å². The van der Waals surface area contributed by atoms with E-state index >= 15 is 0 Å². The first kappa shape index (κ1) is 13.2. The molecule has 1 N–H and O–H groups in total. The molecule has 0 aliphatic carbocycles. The number of anilines is 1. The quantitative estimate of drug-likeness (QED) is 0.860. The van der Waals surface area contributed by atoms with Gasteiger partial charge in [-0.15, -0.1) is 0 Å².